The lowest BCUT2D eigenvalue weighted by atomic mass is 10.2. The van der Waals surface area contributed by atoms with Gasteiger partial charge in [-0.1, -0.05) is 6.92 Å². The molecule has 7 heteroatoms. The van der Waals surface area contributed by atoms with Crippen LogP contribution in [0.25, 0.3) is 0 Å². The van der Waals surface area contributed by atoms with Crippen molar-refractivity contribution < 1.29 is 17.9 Å². The number of rotatable bonds is 10. The van der Waals surface area contributed by atoms with Crippen molar-refractivity contribution in [3.8, 4) is 0 Å². The van der Waals surface area contributed by atoms with Gasteiger partial charge in [0.15, 0.2) is 0 Å². The van der Waals surface area contributed by atoms with Crippen molar-refractivity contribution in [3.63, 3.8) is 0 Å². The summed E-state index contributed by atoms with van der Waals surface area (Å²) in [6, 6.07) is 5.80. The van der Waals surface area contributed by atoms with E-state index < -0.39 is 10.0 Å². The van der Waals surface area contributed by atoms with Crippen LogP contribution in [0.3, 0.4) is 0 Å². The molecule has 0 bridgehead atoms. The molecule has 0 aliphatic carbocycles. The molecule has 1 aromatic carbocycles. The number of hydrogen-bond donors (Lipinski definition) is 2. The molecule has 6 nitrogen and oxygen atoms in total. The number of benzene rings is 1. The third-order valence-electron chi connectivity index (χ3n) is 3.45. The molecule has 0 aromatic heterocycles. The normalized spacial score (nSPS) is 13.0. The number of sulfonamides is 1. The largest absolute Gasteiger partial charge is 0.379 e. The van der Waals surface area contributed by atoms with Gasteiger partial charge in [-0.2, -0.15) is 0 Å². The molecule has 2 N–H and O–H groups in total. The molecule has 0 aliphatic heterocycles. The molecule has 0 unspecified atom stereocenters. The van der Waals surface area contributed by atoms with Gasteiger partial charge in [0.2, 0.25) is 10.0 Å². The number of hydrogen-bond acceptors (Lipinski definition) is 4. The minimum atomic E-state index is -3.54. The minimum Gasteiger partial charge on any atom is -0.379 e. The highest BCUT2D eigenvalue weighted by Crippen LogP contribution is 2.11. The van der Waals surface area contributed by atoms with Gasteiger partial charge in [0.05, 0.1) is 11.0 Å². The van der Waals surface area contributed by atoms with Crippen molar-refractivity contribution in [3.05, 3.63) is 29.8 Å². The maximum absolute atomic E-state index is 12.2. The number of ether oxygens (including phenoxy) is 1. The van der Waals surface area contributed by atoms with E-state index in [1.54, 1.807) is 0 Å². The molecule has 0 fully saturated rings. The van der Waals surface area contributed by atoms with E-state index in [0.717, 1.165) is 6.42 Å². The van der Waals surface area contributed by atoms with Gasteiger partial charge in [-0.25, -0.2) is 13.1 Å². The van der Waals surface area contributed by atoms with Crippen LogP contribution in [0.1, 0.15) is 50.9 Å². The fourth-order valence-electron chi connectivity index (χ4n) is 1.90. The summed E-state index contributed by atoms with van der Waals surface area (Å²) < 4.78 is 32.3. The van der Waals surface area contributed by atoms with Crippen LogP contribution in [0.15, 0.2) is 29.2 Å². The Morgan fingerprint density at radius 3 is 2.33 bits per heavy atom. The Hall–Kier alpha value is -1.44. The zero-order chi connectivity index (χ0) is 18.2. The third-order valence-corrected chi connectivity index (χ3v) is 5.06. The molecular formula is C17H28N2O4S. The lowest BCUT2D eigenvalue weighted by Crippen LogP contribution is -2.32. The zero-order valence-corrected chi connectivity index (χ0v) is 15.7. The van der Waals surface area contributed by atoms with E-state index in [-0.39, 0.29) is 22.9 Å². The Kier molecular flexibility index (Phi) is 8.38. The van der Waals surface area contributed by atoms with Crippen molar-refractivity contribution in [1.29, 1.82) is 0 Å². The molecule has 1 amide bonds. The van der Waals surface area contributed by atoms with Crippen LogP contribution < -0.4 is 10.0 Å². The smallest absolute Gasteiger partial charge is 0.251 e. The van der Waals surface area contributed by atoms with Crippen LogP contribution in [0, 0.1) is 0 Å². The SMILES string of the molecule is CC[C@@H](C)NS(=O)(=O)c1ccc(C(=O)NCCCOC(C)C)cc1. The highest BCUT2D eigenvalue weighted by Gasteiger charge is 2.17. The first-order valence-electron chi connectivity index (χ1n) is 8.28. The van der Waals surface area contributed by atoms with Gasteiger partial charge in [-0.3, -0.25) is 4.79 Å². The first-order chi connectivity index (χ1) is 11.3. The molecule has 0 heterocycles. The van der Waals surface area contributed by atoms with E-state index in [4.69, 9.17) is 4.74 Å². The molecular weight excluding hydrogens is 328 g/mol. The Labute approximate surface area is 145 Å². The predicted octanol–water partition coefficient (Wildman–Crippen LogP) is 2.31. The summed E-state index contributed by atoms with van der Waals surface area (Å²) in [7, 11) is -3.54. The summed E-state index contributed by atoms with van der Waals surface area (Å²) in [5.41, 5.74) is 0.433. The molecule has 0 aliphatic rings. The van der Waals surface area contributed by atoms with E-state index in [1.807, 2.05) is 27.7 Å². The van der Waals surface area contributed by atoms with Gasteiger partial charge in [0.1, 0.15) is 0 Å². The summed E-state index contributed by atoms with van der Waals surface area (Å²) in [5.74, 6) is -0.224. The molecule has 0 saturated carbocycles. The Morgan fingerprint density at radius 1 is 1.17 bits per heavy atom. The van der Waals surface area contributed by atoms with Crippen LogP contribution in [-0.2, 0) is 14.8 Å². The molecule has 136 valence electrons. The van der Waals surface area contributed by atoms with Crippen molar-refractivity contribution in [2.24, 2.45) is 0 Å². The van der Waals surface area contributed by atoms with Crippen molar-refractivity contribution in [2.45, 2.75) is 57.6 Å². The fourth-order valence-corrected chi connectivity index (χ4v) is 3.22. The standard InChI is InChI=1S/C17H28N2O4S/c1-5-14(4)19-24(21,22)16-9-7-15(8-10-16)17(20)18-11-6-12-23-13(2)3/h7-10,13-14,19H,5-6,11-12H2,1-4H3,(H,18,20)/t14-/m1/s1. The van der Waals surface area contributed by atoms with Crippen LogP contribution >= 0.6 is 0 Å². The van der Waals surface area contributed by atoms with Gasteiger partial charge >= 0.3 is 0 Å². The highest BCUT2D eigenvalue weighted by molar-refractivity contribution is 7.89. The lowest BCUT2D eigenvalue weighted by molar-refractivity contribution is 0.0757. The quantitative estimate of drug-likeness (QED) is 0.630. The molecule has 0 radical (unpaired) electrons. The summed E-state index contributed by atoms with van der Waals surface area (Å²) in [4.78, 5) is 12.2. The summed E-state index contributed by atoms with van der Waals surface area (Å²) in [5, 5.41) is 2.79. The first-order valence-corrected chi connectivity index (χ1v) is 9.76. The first kappa shape index (κ1) is 20.6. The van der Waals surface area contributed by atoms with Crippen LogP contribution in [0.2, 0.25) is 0 Å². The van der Waals surface area contributed by atoms with Crippen LogP contribution in [-0.4, -0.2) is 39.6 Å². The van der Waals surface area contributed by atoms with Crippen LogP contribution in [0.4, 0.5) is 0 Å². The second kappa shape index (κ2) is 9.76. The summed E-state index contributed by atoms with van der Waals surface area (Å²) >= 11 is 0. The molecule has 1 atom stereocenters. The summed E-state index contributed by atoms with van der Waals surface area (Å²) in [6.07, 6.45) is 1.62. The fraction of sp³-hybridized carbons (Fsp3) is 0.588. The number of nitrogens with one attached hydrogen (secondary N) is 2. The zero-order valence-electron chi connectivity index (χ0n) is 14.8. The number of carbonyl (C=O) groups excluding carboxylic acids is 1. The van der Waals surface area contributed by atoms with Gasteiger partial charge in [-0.05, 0) is 57.9 Å². The van der Waals surface area contributed by atoms with Crippen molar-refractivity contribution >= 4 is 15.9 Å². The van der Waals surface area contributed by atoms with E-state index >= 15 is 0 Å². The van der Waals surface area contributed by atoms with E-state index in [0.29, 0.717) is 25.1 Å². The highest BCUT2D eigenvalue weighted by atomic mass is 32.2. The Morgan fingerprint density at radius 2 is 1.79 bits per heavy atom. The summed E-state index contributed by atoms with van der Waals surface area (Å²) in [6.45, 7) is 8.75. The Balaban J connectivity index is 2.56. The second-order valence-corrected chi connectivity index (χ2v) is 7.70. The van der Waals surface area contributed by atoms with Gasteiger partial charge < -0.3 is 10.1 Å². The molecule has 1 aromatic rings. The number of carbonyl (C=O) groups is 1. The molecule has 1 rings (SSSR count). The predicted molar refractivity (Wildman–Crippen MR) is 94.6 cm³/mol. The molecule has 0 spiro atoms. The Bertz CT molecular complexity index is 612. The van der Waals surface area contributed by atoms with Crippen molar-refractivity contribution in [2.75, 3.05) is 13.2 Å². The van der Waals surface area contributed by atoms with E-state index in [9.17, 15) is 13.2 Å². The maximum atomic E-state index is 12.2. The second-order valence-electron chi connectivity index (χ2n) is 5.98. The van der Waals surface area contributed by atoms with Crippen molar-refractivity contribution in [1.82, 2.24) is 10.0 Å². The lowest BCUT2D eigenvalue weighted by Gasteiger charge is -2.12. The molecule has 24 heavy (non-hydrogen) atoms. The van der Waals surface area contributed by atoms with Gasteiger partial charge in [-0.15, -0.1) is 0 Å². The third kappa shape index (κ3) is 6.98. The monoisotopic (exact) mass is 356 g/mol. The average Bonchev–Trinajstić information content (AvgIpc) is 2.53. The van der Waals surface area contributed by atoms with Crippen LogP contribution in [0.5, 0.6) is 0 Å². The van der Waals surface area contributed by atoms with Gasteiger partial charge in [0, 0.05) is 24.8 Å². The average molecular weight is 356 g/mol. The maximum Gasteiger partial charge on any atom is 0.251 e. The van der Waals surface area contributed by atoms with E-state index in [1.165, 1.54) is 24.3 Å². The topological polar surface area (TPSA) is 84.5 Å². The number of amides is 1. The minimum absolute atomic E-state index is 0.133. The van der Waals surface area contributed by atoms with Gasteiger partial charge in [0.25, 0.3) is 5.91 Å². The van der Waals surface area contributed by atoms with E-state index in [2.05, 4.69) is 10.0 Å². The molecule has 0 saturated heterocycles.